The fourth-order valence-electron chi connectivity index (χ4n) is 1.60. The number of ether oxygens (including phenoxy) is 1. The highest BCUT2D eigenvalue weighted by atomic mass is 19.4. The average molecular weight is 293 g/mol. The van der Waals surface area contributed by atoms with Gasteiger partial charge in [-0.3, -0.25) is 4.79 Å². The molecule has 1 amide bonds. The van der Waals surface area contributed by atoms with Crippen LogP contribution in [-0.4, -0.2) is 31.3 Å². The zero-order valence-electron chi connectivity index (χ0n) is 11.1. The van der Waals surface area contributed by atoms with Crippen LogP contribution in [0.15, 0.2) is 24.3 Å². The third-order valence-corrected chi connectivity index (χ3v) is 2.57. The summed E-state index contributed by atoms with van der Waals surface area (Å²) in [7, 11) is 0. The van der Waals surface area contributed by atoms with E-state index in [1.165, 1.54) is 36.1 Å². The van der Waals surface area contributed by atoms with Crippen LogP contribution < -0.4 is 4.90 Å². The lowest BCUT2D eigenvalue weighted by Gasteiger charge is -2.25. The number of alkyl halides is 3. The smallest absolute Gasteiger partial charge is 0.359 e. The van der Waals surface area contributed by atoms with Gasteiger partial charge in [0.15, 0.2) is 0 Å². The maximum atomic E-state index is 12.8. The Morgan fingerprint density at radius 3 is 2.30 bits per heavy atom. The standard InChI is InChI=1S/C13H15F4NO2/c1-3-18(11-6-4-10(14)5-7-11)12(19)9(2)20-8-13(15,16)17/h4-7,9H,3,8H2,1-2H3. The van der Waals surface area contributed by atoms with Gasteiger partial charge in [-0.25, -0.2) is 4.39 Å². The lowest BCUT2D eigenvalue weighted by molar-refractivity contribution is -0.185. The van der Waals surface area contributed by atoms with E-state index in [1.807, 2.05) is 0 Å². The molecule has 1 aromatic carbocycles. The van der Waals surface area contributed by atoms with Gasteiger partial charge in [-0.2, -0.15) is 13.2 Å². The molecule has 0 aliphatic carbocycles. The number of rotatable bonds is 5. The van der Waals surface area contributed by atoms with E-state index in [-0.39, 0.29) is 6.54 Å². The molecule has 0 heterocycles. The van der Waals surface area contributed by atoms with E-state index in [0.717, 1.165) is 0 Å². The number of anilines is 1. The first-order valence-corrected chi connectivity index (χ1v) is 6.00. The molecule has 0 fully saturated rings. The summed E-state index contributed by atoms with van der Waals surface area (Å²) < 4.78 is 53.4. The summed E-state index contributed by atoms with van der Waals surface area (Å²) in [6.07, 6.45) is -5.72. The molecule has 0 saturated carbocycles. The van der Waals surface area contributed by atoms with E-state index < -0.39 is 30.6 Å². The Morgan fingerprint density at radius 1 is 1.30 bits per heavy atom. The van der Waals surface area contributed by atoms with Gasteiger partial charge in [0.25, 0.3) is 5.91 Å². The molecule has 1 aromatic rings. The minimum absolute atomic E-state index is 0.240. The zero-order chi connectivity index (χ0) is 15.3. The molecule has 7 heteroatoms. The van der Waals surface area contributed by atoms with Crippen LogP contribution >= 0.6 is 0 Å². The first-order valence-electron chi connectivity index (χ1n) is 6.00. The Balaban J connectivity index is 2.74. The van der Waals surface area contributed by atoms with E-state index in [4.69, 9.17) is 0 Å². The predicted molar refractivity (Wildman–Crippen MR) is 65.9 cm³/mol. The van der Waals surface area contributed by atoms with Gasteiger partial charge in [-0.15, -0.1) is 0 Å². The molecule has 0 spiro atoms. The van der Waals surface area contributed by atoms with Gasteiger partial charge in [0.05, 0.1) is 0 Å². The van der Waals surface area contributed by atoms with Crippen LogP contribution in [0.25, 0.3) is 0 Å². The van der Waals surface area contributed by atoms with Crippen molar-refractivity contribution in [3.63, 3.8) is 0 Å². The van der Waals surface area contributed by atoms with Gasteiger partial charge in [0, 0.05) is 12.2 Å². The summed E-state index contributed by atoms with van der Waals surface area (Å²) in [5, 5.41) is 0. The van der Waals surface area contributed by atoms with Crippen LogP contribution in [0, 0.1) is 5.82 Å². The number of amides is 1. The van der Waals surface area contributed by atoms with Crippen molar-refractivity contribution < 1.29 is 27.1 Å². The topological polar surface area (TPSA) is 29.5 Å². The fourth-order valence-corrected chi connectivity index (χ4v) is 1.60. The summed E-state index contributed by atoms with van der Waals surface area (Å²) in [6.45, 7) is 1.67. The Bertz CT molecular complexity index is 445. The molecule has 0 radical (unpaired) electrons. The minimum atomic E-state index is -4.48. The summed E-state index contributed by atoms with van der Waals surface area (Å²) in [5.74, 6) is -1.07. The highest BCUT2D eigenvalue weighted by molar-refractivity contribution is 5.96. The SMILES string of the molecule is CCN(C(=O)C(C)OCC(F)(F)F)c1ccc(F)cc1. The second-order valence-electron chi connectivity index (χ2n) is 4.13. The van der Waals surface area contributed by atoms with Crippen molar-refractivity contribution in [2.45, 2.75) is 26.1 Å². The molecule has 1 unspecified atom stereocenters. The fraction of sp³-hybridized carbons (Fsp3) is 0.462. The molecule has 0 aliphatic heterocycles. The third-order valence-electron chi connectivity index (χ3n) is 2.57. The molecule has 1 rings (SSSR count). The van der Waals surface area contributed by atoms with E-state index in [0.29, 0.717) is 5.69 Å². The lowest BCUT2D eigenvalue weighted by Crippen LogP contribution is -2.40. The highest BCUT2D eigenvalue weighted by Crippen LogP contribution is 2.19. The van der Waals surface area contributed by atoms with Gasteiger partial charge in [-0.1, -0.05) is 0 Å². The van der Waals surface area contributed by atoms with Gasteiger partial charge in [0.1, 0.15) is 18.5 Å². The van der Waals surface area contributed by atoms with Crippen molar-refractivity contribution in [3.05, 3.63) is 30.1 Å². The first-order chi connectivity index (χ1) is 9.24. The molecular formula is C13H15F4NO2. The predicted octanol–water partition coefficient (Wildman–Crippen LogP) is 3.15. The Labute approximate surface area is 114 Å². The summed E-state index contributed by atoms with van der Waals surface area (Å²) in [6, 6.07) is 5.11. The van der Waals surface area contributed by atoms with Crippen LogP contribution in [-0.2, 0) is 9.53 Å². The lowest BCUT2D eigenvalue weighted by atomic mass is 10.2. The van der Waals surface area contributed by atoms with Crippen molar-refractivity contribution in [2.75, 3.05) is 18.1 Å². The molecule has 20 heavy (non-hydrogen) atoms. The number of carbonyl (C=O) groups excluding carboxylic acids is 1. The molecular weight excluding hydrogens is 278 g/mol. The van der Waals surface area contributed by atoms with Gasteiger partial charge >= 0.3 is 6.18 Å². The van der Waals surface area contributed by atoms with E-state index in [1.54, 1.807) is 6.92 Å². The number of carbonyl (C=O) groups is 1. The van der Waals surface area contributed by atoms with Crippen LogP contribution in [0.4, 0.5) is 23.2 Å². The number of hydrogen-bond acceptors (Lipinski definition) is 2. The molecule has 3 nitrogen and oxygen atoms in total. The largest absolute Gasteiger partial charge is 0.411 e. The quantitative estimate of drug-likeness (QED) is 0.781. The third kappa shape index (κ3) is 4.80. The number of hydrogen-bond donors (Lipinski definition) is 0. The minimum Gasteiger partial charge on any atom is -0.359 e. The Kier molecular flexibility index (Phi) is 5.50. The van der Waals surface area contributed by atoms with Gasteiger partial charge in [-0.05, 0) is 38.1 Å². The molecule has 0 bridgehead atoms. The first kappa shape index (κ1) is 16.4. The van der Waals surface area contributed by atoms with E-state index >= 15 is 0 Å². The van der Waals surface area contributed by atoms with Crippen molar-refractivity contribution in [1.82, 2.24) is 0 Å². The number of nitrogens with zero attached hydrogens (tertiary/aromatic N) is 1. The monoisotopic (exact) mass is 293 g/mol. The van der Waals surface area contributed by atoms with Crippen LogP contribution in [0.3, 0.4) is 0 Å². The van der Waals surface area contributed by atoms with Gasteiger partial charge in [0.2, 0.25) is 0 Å². The van der Waals surface area contributed by atoms with E-state index in [9.17, 15) is 22.4 Å². The zero-order valence-corrected chi connectivity index (χ0v) is 11.1. The molecule has 0 N–H and O–H groups in total. The maximum Gasteiger partial charge on any atom is 0.411 e. The number of likely N-dealkylation sites (N-methyl/N-ethyl adjacent to an activating group) is 1. The van der Waals surface area contributed by atoms with E-state index in [2.05, 4.69) is 4.74 Å². The molecule has 1 atom stereocenters. The maximum absolute atomic E-state index is 12.8. The van der Waals surface area contributed by atoms with Crippen molar-refractivity contribution in [2.24, 2.45) is 0 Å². The average Bonchev–Trinajstić information content (AvgIpc) is 2.38. The second kappa shape index (κ2) is 6.69. The number of benzene rings is 1. The normalized spacial score (nSPS) is 13.1. The second-order valence-corrected chi connectivity index (χ2v) is 4.13. The Hall–Kier alpha value is -1.63. The van der Waals surface area contributed by atoms with Crippen LogP contribution in [0.1, 0.15) is 13.8 Å². The van der Waals surface area contributed by atoms with Gasteiger partial charge < -0.3 is 9.64 Å². The van der Waals surface area contributed by atoms with Crippen LogP contribution in [0.5, 0.6) is 0 Å². The summed E-state index contributed by atoms with van der Waals surface area (Å²) in [5.41, 5.74) is 0.404. The van der Waals surface area contributed by atoms with Crippen LogP contribution in [0.2, 0.25) is 0 Å². The summed E-state index contributed by atoms with van der Waals surface area (Å²) >= 11 is 0. The molecule has 0 aromatic heterocycles. The summed E-state index contributed by atoms with van der Waals surface area (Å²) in [4.78, 5) is 13.3. The van der Waals surface area contributed by atoms with Crippen molar-refractivity contribution in [1.29, 1.82) is 0 Å². The molecule has 0 saturated heterocycles. The van der Waals surface area contributed by atoms with Crippen molar-refractivity contribution in [3.8, 4) is 0 Å². The number of halogens is 4. The molecule has 112 valence electrons. The highest BCUT2D eigenvalue weighted by Gasteiger charge is 2.31. The molecule has 0 aliphatic rings. The Morgan fingerprint density at radius 2 is 1.85 bits per heavy atom. The van der Waals surface area contributed by atoms with Crippen molar-refractivity contribution >= 4 is 11.6 Å².